The molecule has 1 aromatic carbocycles. The van der Waals surface area contributed by atoms with Crippen LogP contribution in [-0.2, 0) is 11.3 Å². The molecule has 1 aromatic rings. The normalized spacial score (nSPS) is 15.9. The van der Waals surface area contributed by atoms with Crippen molar-refractivity contribution in [3.63, 3.8) is 0 Å². The van der Waals surface area contributed by atoms with Gasteiger partial charge in [-0.05, 0) is 13.1 Å². The molecule has 0 radical (unpaired) electrons. The molecule has 1 heterocycles. The van der Waals surface area contributed by atoms with E-state index in [0.717, 1.165) is 31.7 Å². The summed E-state index contributed by atoms with van der Waals surface area (Å²) in [6.07, 6.45) is 0. The molecule has 2 rings (SSSR count). The van der Waals surface area contributed by atoms with Gasteiger partial charge in [-0.3, -0.25) is 4.79 Å². The molecule has 0 atom stereocenters. The van der Waals surface area contributed by atoms with Gasteiger partial charge in [0, 0.05) is 38.3 Å². The largest absolute Gasteiger partial charge is 0.493 e. The number of para-hydroxylation sites is 1. The number of amides is 1. The maximum atomic E-state index is 12.2. The van der Waals surface area contributed by atoms with Gasteiger partial charge in [0.15, 0.2) is 18.1 Å². The number of rotatable bonds is 5. The van der Waals surface area contributed by atoms with Gasteiger partial charge in [-0.15, -0.1) is 0 Å². The molecule has 1 aliphatic heterocycles. The summed E-state index contributed by atoms with van der Waals surface area (Å²) in [7, 11) is 3.63. The molecular weight excluding hydrogens is 270 g/mol. The zero-order chi connectivity index (χ0) is 15.2. The number of likely N-dealkylation sites (N-methyl/N-ethyl adjacent to an activating group) is 1. The summed E-state index contributed by atoms with van der Waals surface area (Å²) in [5, 5.41) is 0. The molecule has 21 heavy (non-hydrogen) atoms. The average molecular weight is 293 g/mol. The van der Waals surface area contributed by atoms with E-state index in [1.807, 2.05) is 17.0 Å². The fraction of sp³-hybridized carbons (Fsp3) is 0.533. The van der Waals surface area contributed by atoms with Crippen molar-refractivity contribution in [3.8, 4) is 11.5 Å². The summed E-state index contributed by atoms with van der Waals surface area (Å²) in [4.78, 5) is 16.2. The first-order chi connectivity index (χ1) is 10.2. The summed E-state index contributed by atoms with van der Waals surface area (Å²) in [5.41, 5.74) is 6.54. The third-order valence-electron chi connectivity index (χ3n) is 3.70. The molecule has 0 aromatic heterocycles. The van der Waals surface area contributed by atoms with Gasteiger partial charge in [-0.25, -0.2) is 0 Å². The van der Waals surface area contributed by atoms with Gasteiger partial charge in [0.05, 0.1) is 7.11 Å². The van der Waals surface area contributed by atoms with E-state index < -0.39 is 0 Å². The van der Waals surface area contributed by atoms with Gasteiger partial charge >= 0.3 is 0 Å². The Kier molecular flexibility index (Phi) is 5.41. The zero-order valence-corrected chi connectivity index (χ0v) is 12.7. The van der Waals surface area contributed by atoms with Crippen LogP contribution in [0, 0.1) is 0 Å². The molecule has 0 bridgehead atoms. The Bertz CT molecular complexity index is 463. The van der Waals surface area contributed by atoms with Crippen molar-refractivity contribution in [2.45, 2.75) is 6.54 Å². The van der Waals surface area contributed by atoms with Gasteiger partial charge < -0.3 is 25.0 Å². The number of nitrogens with two attached hydrogens (primary N) is 1. The summed E-state index contributed by atoms with van der Waals surface area (Å²) in [6, 6.07) is 5.53. The topological polar surface area (TPSA) is 68.0 Å². The predicted octanol–water partition coefficient (Wildman–Crippen LogP) is 0.307. The van der Waals surface area contributed by atoms with E-state index in [0.29, 0.717) is 18.0 Å². The molecule has 0 aliphatic carbocycles. The standard InChI is InChI=1S/C15H23N3O3/c1-17-6-8-18(9-7-17)14(19)11-21-15-12(10-16)4-3-5-13(15)20-2/h3-5H,6-11,16H2,1-2H3. The first-order valence-electron chi connectivity index (χ1n) is 7.10. The van der Waals surface area contributed by atoms with E-state index in [2.05, 4.69) is 11.9 Å². The molecule has 1 amide bonds. The molecule has 6 nitrogen and oxygen atoms in total. The summed E-state index contributed by atoms with van der Waals surface area (Å²) < 4.78 is 10.9. The van der Waals surface area contributed by atoms with Crippen LogP contribution in [0.5, 0.6) is 11.5 Å². The van der Waals surface area contributed by atoms with E-state index >= 15 is 0 Å². The quantitative estimate of drug-likeness (QED) is 0.846. The fourth-order valence-corrected chi connectivity index (χ4v) is 2.33. The Morgan fingerprint density at radius 1 is 1.29 bits per heavy atom. The Hall–Kier alpha value is -1.79. The van der Waals surface area contributed by atoms with E-state index in [-0.39, 0.29) is 12.5 Å². The lowest BCUT2D eigenvalue weighted by atomic mass is 10.2. The second-order valence-electron chi connectivity index (χ2n) is 5.13. The zero-order valence-electron chi connectivity index (χ0n) is 12.7. The highest BCUT2D eigenvalue weighted by Crippen LogP contribution is 2.30. The second-order valence-corrected chi connectivity index (χ2v) is 5.13. The Morgan fingerprint density at radius 3 is 2.62 bits per heavy atom. The van der Waals surface area contributed by atoms with Crippen LogP contribution >= 0.6 is 0 Å². The van der Waals surface area contributed by atoms with Crippen molar-refractivity contribution in [3.05, 3.63) is 23.8 Å². The average Bonchev–Trinajstić information content (AvgIpc) is 2.52. The molecule has 2 N–H and O–H groups in total. The number of piperazine rings is 1. The lowest BCUT2D eigenvalue weighted by molar-refractivity contribution is -0.134. The summed E-state index contributed by atoms with van der Waals surface area (Å²) in [6.45, 7) is 3.64. The number of benzene rings is 1. The third kappa shape index (κ3) is 3.86. The minimum atomic E-state index is -0.00280. The van der Waals surface area contributed by atoms with Gasteiger partial charge in [-0.2, -0.15) is 0 Å². The molecule has 1 saturated heterocycles. The number of ether oxygens (including phenoxy) is 2. The molecular formula is C15H23N3O3. The van der Waals surface area contributed by atoms with Crippen LogP contribution in [-0.4, -0.2) is 62.7 Å². The molecule has 0 saturated carbocycles. The fourth-order valence-electron chi connectivity index (χ4n) is 2.33. The molecule has 116 valence electrons. The SMILES string of the molecule is COc1cccc(CN)c1OCC(=O)N1CCN(C)CC1. The van der Waals surface area contributed by atoms with Crippen LogP contribution < -0.4 is 15.2 Å². The summed E-state index contributed by atoms with van der Waals surface area (Å²) >= 11 is 0. The number of hydrogen-bond acceptors (Lipinski definition) is 5. The van der Waals surface area contributed by atoms with Crippen LogP contribution in [0.2, 0.25) is 0 Å². The first kappa shape index (κ1) is 15.6. The Balaban J connectivity index is 1.98. The van der Waals surface area contributed by atoms with Gasteiger partial charge in [0.25, 0.3) is 5.91 Å². The van der Waals surface area contributed by atoms with Crippen molar-refractivity contribution >= 4 is 5.91 Å². The van der Waals surface area contributed by atoms with Crippen LogP contribution in [0.3, 0.4) is 0 Å². The number of carbonyl (C=O) groups is 1. The van der Waals surface area contributed by atoms with Crippen LogP contribution in [0.1, 0.15) is 5.56 Å². The van der Waals surface area contributed by atoms with Crippen LogP contribution in [0.4, 0.5) is 0 Å². The number of hydrogen-bond donors (Lipinski definition) is 1. The highest BCUT2D eigenvalue weighted by Gasteiger charge is 2.20. The van der Waals surface area contributed by atoms with E-state index in [4.69, 9.17) is 15.2 Å². The van der Waals surface area contributed by atoms with E-state index in [1.54, 1.807) is 13.2 Å². The number of nitrogens with zero attached hydrogens (tertiary/aromatic N) is 2. The van der Waals surface area contributed by atoms with Crippen molar-refractivity contribution in [2.24, 2.45) is 5.73 Å². The highest BCUT2D eigenvalue weighted by molar-refractivity contribution is 5.78. The van der Waals surface area contributed by atoms with Gasteiger partial charge in [-0.1, -0.05) is 12.1 Å². The van der Waals surface area contributed by atoms with Crippen LogP contribution in [0.15, 0.2) is 18.2 Å². The third-order valence-corrected chi connectivity index (χ3v) is 3.70. The summed E-state index contributed by atoms with van der Waals surface area (Å²) in [5.74, 6) is 1.16. The van der Waals surface area contributed by atoms with Gasteiger partial charge in [0.1, 0.15) is 0 Å². The number of carbonyl (C=O) groups excluding carboxylic acids is 1. The van der Waals surface area contributed by atoms with E-state index in [1.165, 1.54) is 0 Å². The monoisotopic (exact) mass is 293 g/mol. The Morgan fingerprint density at radius 2 is 2.00 bits per heavy atom. The molecule has 6 heteroatoms. The smallest absolute Gasteiger partial charge is 0.260 e. The van der Waals surface area contributed by atoms with Gasteiger partial charge in [0.2, 0.25) is 0 Å². The van der Waals surface area contributed by atoms with Crippen molar-refractivity contribution in [1.82, 2.24) is 9.80 Å². The maximum Gasteiger partial charge on any atom is 0.260 e. The molecule has 0 unspecified atom stereocenters. The first-order valence-corrected chi connectivity index (χ1v) is 7.10. The minimum Gasteiger partial charge on any atom is -0.493 e. The van der Waals surface area contributed by atoms with Crippen LogP contribution in [0.25, 0.3) is 0 Å². The predicted molar refractivity (Wildman–Crippen MR) is 80.5 cm³/mol. The molecule has 1 aliphatic rings. The Labute approximate surface area is 125 Å². The van der Waals surface area contributed by atoms with Crippen molar-refractivity contribution in [1.29, 1.82) is 0 Å². The lowest BCUT2D eigenvalue weighted by Gasteiger charge is -2.32. The number of methoxy groups -OCH3 is 1. The highest BCUT2D eigenvalue weighted by atomic mass is 16.5. The molecule has 1 fully saturated rings. The second kappa shape index (κ2) is 7.28. The maximum absolute atomic E-state index is 12.2. The van der Waals surface area contributed by atoms with Crippen molar-refractivity contribution < 1.29 is 14.3 Å². The van der Waals surface area contributed by atoms with Crippen molar-refractivity contribution in [2.75, 3.05) is 46.9 Å². The lowest BCUT2D eigenvalue weighted by Crippen LogP contribution is -2.48. The van der Waals surface area contributed by atoms with E-state index in [9.17, 15) is 4.79 Å². The molecule has 0 spiro atoms. The minimum absolute atomic E-state index is 0.00280.